The van der Waals surface area contributed by atoms with Crippen LogP contribution >= 0.6 is 0 Å². The number of rotatable bonds is 3. The van der Waals surface area contributed by atoms with Gasteiger partial charge in [-0.25, -0.2) is 13.4 Å². The van der Waals surface area contributed by atoms with Gasteiger partial charge in [-0.1, -0.05) is 0 Å². The van der Waals surface area contributed by atoms with Crippen LogP contribution in [0.15, 0.2) is 36.5 Å². The summed E-state index contributed by atoms with van der Waals surface area (Å²) in [7, 11) is -3.23. The summed E-state index contributed by atoms with van der Waals surface area (Å²) in [4.78, 5) is 16.3. The van der Waals surface area contributed by atoms with Gasteiger partial charge in [-0.3, -0.25) is 9.10 Å². The molecule has 1 aliphatic heterocycles. The molecule has 1 aromatic carbocycles. The molecule has 0 unspecified atom stereocenters. The van der Waals surface area contributed by atoms with Crippen molar-refractivity contribution in [1.82, 2.24) is 4.98 Å². The van der Waals surface area contributed by atoms with E-state index in [1.54, 1.807) is 37.3 Å². The number of hydrogen-bond donors (Lipinski definition) is 2. The standard InChI is InChI=1S/C16H18N4O3S/c1-11-9-13(20-7-2-8-24(20,22)23)4-5-14(11)16(21)19-12-3-6-15(17)18-10-12/h3-6,9-10H,2,7-8H2,1H3,(H2,17,18)(H,19,21). The van der Waals surface area contributed by atoms with Crippen LogP contribution in [0.3, 0.4) is 0 Å². The molecule has 1 amide bonds. The molecule has 0 spiro atoms. The molecule has 8 heteroatoms. The van der Waals surface area contributed by atoms with Crippen molar-refractivity contribution in [3.63, 3.8) is 0 Å². The largest absolute Gasteiger partial charge is 0.384 e. The molecule has 1 aliphatic rings. The van der Waals surface area contributed by atoms with Crippen LogP contribution in [-0.2, 0) is 10.0 Å². The Hall–Kier alpha value is -2.61. The number of sulfonamides is 1. The van der Waals surface area contributed by atoms with Gasteiger partial charge in [-0.05, 0) is 49.2 Å². The van der Waals surface area contributed by atoms with Gasteiger partial charge in [0, 0.05) is 12.1 Å². The number of nitrogens with two attached hydrogens (primary N) is 1. The molecule has 0 aliphatic carbocycles. The van der Waals surface area contributed by atoms with Gasteiger partial charge in [0.15, 0.2) is 0 Å². The van der Waals surface area contributed by atoms with Crippen molar-refractivity contribution < 1.29 is 13.2 Å². The Morgan fingerprint density at radius 3 is 2.67 bits per heavy atom. The maximum atomic E-state index is 12.4. The van der Waals surface area contributed by atoms with Crippen molar-refractivity contribution >= 4 is 33.1 Å². The van der Waals surface area contributed by atoms with Gasteiger partial charge in [0.25, 0.3) is 5.91 Å². The van der Waals surface area contributed by atoms with Gasteiger partial charge in [0.05, 0.1) is 23.3 Å². The quantitative estimate of drug-likeness (QED) is 0.881. The summed E-state index contributed by atoms with van der Waals surface area (Å²) in [6.07, 6.45) is 2.10. The third-order valence-electron chi connectivity index (χ3n) is 3.89. The van der Waals surface area contributed by atoms with Crippen molar-refractivity contribution in [1.29, 1.82) is 0 Å². The summed E-state index contributed by atoms with van der Waals surface area (Å²) in [5.74, 6) is 0.258. The Morgan fingerprint density at radius 2 is 2.08 bits per heavy atom. The molecule has 0 saturated carbocycles. The van der Waals surface area contributed by atoms with E-state index in [0.717, 1.165) is 0 Å². The van der Waals surface area contributed by atoms with E-state index >= 15 is 0 Å². The topological polar surface area (TPSA) is 105 Å². The second kappa shape index (κ2) is 6.12. The van der Waals surface area contributed by atoms with E-state index in [0.29, 0.717) is 41.3 Å². The molecule has 126 valence electrons. The maximum absolute atomic E-state index is 12.4. The summed E-state index contributed by atoms with van der Waals surface area (Å²) in [6, 6.07) is 8.29. The van der Waals surface area contributed by atoms with Crippen LogP contribution in [0, 0.1) is 6.92 Å². The van der Waals surface area contributed by atoms with Crippen LogP contribution in [0.25, 0.3) is 0 Å². The minimum Gasteiger partial charge on any atom is -0.384 e. The fraction of sp³-hybridized carbons (Fsp3) is 0.250. The number of amides is 1. The number of nitrogen functional groups attached to an aromatic ring is 1. The van der Waals surface area contributed by atoms with E-state index in [2.05, 4.69) is 10.3 Å². The highest BCUT2D eigenvalue weighted by molar-refractivity contribution is 7.93. The number of carbonyl (C=O) groups excluding carboxylic acids is 1. The first-order valence-electron chi connectivity index (χ1n) is 7.51. The minimum absolute atomic E-state index is 0.165. The molecule has 1 saturated heterocycles. The highest BCUT2D eigenvalue weighted by Gasteiger charge is 2.28. The van der Waals surface area contributed by atoms with Gasteiger partial charge in [-0.15, -0.1) is 0 Å². The molecule has 0 atom stereocenters. The van der Waals surface area contributed by atoms with E-state index in [1.165, 1.54) is 10.5 Å². The number of nitrogens with one attached hydrogen (secondary N) is 1. The van der Waals surface area contributed by atoms with Crippen molar-refractivity contribution in [2.75, 3.05) is 27.7 Å². The lowest BCUT2D eigenvalue weighted by molar-refractivity contribution is 0.102. The molecular formula is C16H18N4O3S. The Bertz CT molecular complexity index is 879. The summed E-state index contributed by atoms with van der Waals surface area (Å²) in [5, 5.41) is 2.74. The number of carbonyl (C=O) groups is 1. The highest BCUT2D eigenvalue weighted by Crippen LogP contribution is 2.26. The van der Waals surface area contributed by atoms with E-state index in [-0.39, 0.29) is 11.7 Å². The number of hydrogen-bond acceptors (Lipinski definition) is 5. The zero-order valence-corrected chi connectivity index (χ0v) is 14.0. The average molecular weight is 346 g/mol. The second-order valence-electron chi connectivity index (χ2n) is 5.67. The normalized spacial score (nSPS) is 16.1. The molecule has 1 aromatic heterocycles. The fourth-order valence-electron chi connectivity index (χ4n) is 2.66. The predicted octanol–water partition coefficient (Wildman–Crippen LogP) is 1.76. The van der Waals surface area contributed by atoms with Crippen LogP contribution in [0.5, 0.6) is 0 Å². The van der Waals surface area contributed by atoms with Crippen molar-refractivity contribution in [2.24, 2.45) is 0 Å². The summed E-state index contributed by atoms with van der Waals surface area (Å²) < 4.78 is 25.4. The molecule has 0 radical (unpaired) electrons. The number of benzene rings is 1. The number of aromatic nitrogens is 1. The molecule has 0 bridgehead atoms. The van der Waals surface area contributed by atoms with Crippen molar-refractivity contribution in [3.05, 3.63) is 47.7 Å². The molecule has 7 nitrogen and oxygen atoms in total. The van der Waals surface area contributed by atoms with E-state index in [1.807, 2.05) is 0 Å². The molecule has 1 fully saturated rings. The van der Waals surface area contributed by atoms with Crippen LogP contribution in [0.4, 0.5) is 17.2 Å². The summed E-state index contributed by atoms with van der Waals surface area (Å²) >= 11 is 0. The second-order valence-corrected chi connectivity index (χ2v) is 7.68. The third kappa shape index (κ3) is 3.18. The zero-order chi connectivity index (χ0) is 17.3. The summed E-state index contributed by atoms with van der Waals surface area (Å²) in [5.41, 5.74) is 7.83. The lowest BCUT2D eigenvalue weighted by atomic mass is 10.1. The molecular weight excluding hydrogens is 328 g/mol. The first-order chi connectivity index (χ1) is 11.4. The van der Waals surface area contributed by atoms with Gasteiger partial charge in [-0.2, -0.15) is 0 Å². The van der Waals surface area contributed by atoms with Crippen LogP contribution in [0.2, 0.25) is 0 Å². The number of anilines is 3. The first-order valence-corrected chi connectivity index (χ1v) is 9.12. The SMILES string of the molecule is Cc1cc(N2CCCS2(=O)=O)ccc1C(=O)Nc1ccc(N)nc1. The molecule has 2 heterocycles. The smallest absolute Gasteiger partial charge is 0.255 e. The van der Waals surface area contributed by atoms with Crippen molar-refractivity contribution in [3.8, 4) is 0 Å². The first kappa shape index (κ1) is 16.3. The number of nitrogens with zero attached hydrogens (tertiary/aromatic N) is 2. The van der Waals surface area contributed by atoms with Crippen molar-refractivity contribution in [2.45, 2.75) is 13.3 Å². The van der Waals surface area contributed by atoms with E-state index in [9.17, 15) is 13.2 Å². The van der Waals surface area contributed by atoms with Gasteiger partial charge >= 0.3 is 0 Å². The fourth-order valence-corrected chi connectivity index (χ4v) is 4.22. The summed E-state index contributed by atoms with van der Waals surface area (Å²) in [6.45, 7) is 2.26. The molecule has 2 aromatic rings. The van der Waals surface area contributed by atoms with E-state index in [4.69, 9.17) is 5.73 Å². The lowest BCUT2D eigenvalue weighted by Gasteiger charge is -2.18. The molecule has 3 N–H and O–H groups in total. The minimum atomic E-state index is -3.23. The maximum Gasteiger partial charge on any atom is 0.255 e. The van der Waals surface area contributed by atoms with Crippen LogP contribution < -0.4 is 15.4 Å². The Morgan fingerprint density at radius 1 is 1.29 bits per heavy atom. The monoisotopic (exact) mass is 346 g/mol. The van der Waals surface area contributed by atoms with Gasteiger partial charge in [0.1, 0.15) is 5.82 Å². The Balaban J connectivity index is 1.82. The highest BCUT2D eigenvalue weighted by atomic mass is 32.2. The van der Waals surface area contributed by atoms with Gasteiger partial charge < -0.3 is 11.1 Å². The Kier molecular flexibility index (Phi) is 4.15. The Labute approximate surface area is 140 Å². The van der Waals surface area contributed by atoms with Gasteiger partial charge in [0.2, 0.25) is 10.0 Å². The van der Waals surface area contributed by atoms with Crippen LogP contribution in [0.1, 0.15) is 22.3 Å². The predicted molar refractivity (Wildman–Crippen MR) is 93.5 cm³/mol. The third-order valence-corrected chi connectivity index (χ3v) is 5.76. The average Bonchev–Trinajstić information content (AvgIpc) is 2.88. The molecule has 3 rings (SSSR count). The number of aryl methyl sites for hydroxylation is 1. The van der Waals surface area contributed by atoms with Crippen LogP contribution in [-0.4, -0.2) is 31.6 Å². The number of pyridine rings is 1. The zero-order valence-electron chi connectivity index (χ0n) is 13.2. The van der Waals surface area contributed by atoms with E-state index < -0.39 is 10.0 Å². The molecule has 24 heavy (non-hydrogen) atoms. The lowest BCUT2D eigenvalue weighted by Crippen LogP contribution is -2.25.